The van der Waals surface area contributed by atoms with Gasteiger partial charge in [-0.2, -0.15) is 0 Å². The van der Waals surface area contributed by atoms with Gasteiger partial charge in [0.15, 0.2) is 5.82 Å². The van der Waals surface area contributed by atoms with E-state index in [1.165, 1.54) is 6.08 Å². The number of carbonyl (C=O) groups excluding carboxylic acids is 1. The van der Waals surface area contributed by atoms with Crippen molar-refractivity contribution in [3.05, 3.63) is 49.6 Å². The van der Waals surface area contributed by atoms with E-state index in [2.05, 4.69) is 38.7 Å². The number of rotatable bonds is 4. The molecular weight excluding hydrogens is 342 g/mol. The van der Waals surface area contributed by atoms with Crippen LogP contribution >= 0.6 is 0 Å². The fourth-order valence-corrected chi connectivity index (χ4v) is 3.11. The lowest BCUT2D eigenvalue weighted by atomic mass is 10.2. The Kier molecular flexibility index (Phi) is 4.55. The van der Waals surface area contributed by atoms with Crippen LogP contribution in [0.25, 0.3) is 16.9 Å². The maximum atomic E-state index is 11.6. The Balaban J connectivity index is 1.67. The number of hydrogen-bond acceptors (Lipinski definition) is 6. The molecule has 1 aliphatic heterocycles. The molecule has 0 spiro atoms. The van der Waals surface area contributed by atoms with Crippen molar-refractivity contribution in [2.45, 2.75) is 0 Å². The molecule has 8 nitrogen and oxygen atoms in total. The summed E-state index contributed by atoms with van der Waals surface area (Å²) in [7, 11) is 2.12. The molecular formula is C19H21N7O. The second-order valence-electron chi connectivity index (χ2n) is 6.54. The second kappa shape index (κ2) is 7.16. The number of imidazole rings is 1. The number of anilines is 2. The van der Waals surface area contributed by atoms with Gasteiger partial charge in [-0.1, -0.05) is 6.58 Å². The fraction of sp³-hybridized carbons (Fsp3) is 0.263. The number of benzene rings is 1. The molecule has 2 aromatic heterocycles. The van der Waals surface area contributed by atoms with Gasteiger partial charge in [-0.05, 0) is 31.3 Å². The molecule has 1 aliphatic rings. The SMILES string of the molecule is C=CC(=O)Nc1ccc2ncn(-c3cncc(N4CCN(C)CC4)n3)c2c1. The first kappa shape index (κ1) is 17.2. The summed E-state index contributed by atoms with van der Waals surface area (Å²) in [4.78, 5) is 29.7. The number of piperazine rings is 1. The van der Waals surface area contributed by atoms with Gasteiger partial charge < -0.3 is 15.1 Å². The van der Waals surface area contributed by atoms with Gasteiger partial charge in [0.2, 0.25) is 5.91 Å². The van der Waals surface area contributed by atoms with E-state index in [-0.39, 0.29) is 5.91 Å². The molecule has 0 atom stereocenters. The van der Waals surface area contributed by atoms with Crippen LogP contribution in [0.2, 0.25) is 0 Å². The van der Waals surface area contributed by atoms with E-state index in [0.29, 0.717) is 11.5 Å². The summed E-state index contributed by atoms with van der Waals surface area (Å²) in [5, 5.41) is 2.77. The third-order valence-corrected chi connectivity index (χ3v) is 4.68. The van der Waals surface area contributed by atoms with Gasteiger partial charge in [0, 0.05) is 31.9 Å². The Morgan fingerprint density at radius 1 is 1.19 bits per heavy atom. The third kappa shape index (κ3) is 3.52. The largest absolute Gasteiger partial charge is 0.353 e. The standard InChI is InChI=1S/C19H21N7O/c1-3-19(27)22-14-4-5-15-16(10-14)26(13-21-15)18-12-20-11-17(23-18)25-8-6-24(2)7-9-25/h3-5,10-13H,1,6-9H2,2H3,(H,22,27). The average molecular weight is 363 g/mol. The predicted molar refractivity (Wildman–Crippen MR) is 105 cm³/mol. The zero-order valence-electron chi connectivity index (χ0n) is 15.2. The van der Waals surface area contributed by atoms with Crippen molar-refractivity contribution < 1.29 is 4.79 Å². The highest BCUT2D eigenvalue weighted by Gasteiger charge is 2.16. The van der Waals surface area contributed by atoms with Gasteiger partial charge >= 0.3 is 0 Å². The van der Waals surface area contributed by atoms with Crippen LogP contribution in [-0.4, -0.2) is 63.6 Å². The molecule has 3 aromatic rings. The molecule has 0 unspecified atom stereocenters. The van der Waals surface area contributed by atoms with Gasteiger partial charge in [-0.25, -0.2) is 9.97 Å². The van der Waals surface area contributed by atoms with Crippen molar-refractivity contribution in [3.8, 4) is 5.82 Å². The van der Waals surface area contributed by atoms with Gasteiger partial charge in [-0.3, -0.25) is 14.3 Å². The quantitative estimate of drug-likeness (QED) is 0.711. The first-order chi connectivity index (χ1) is 13.1. The lowest BCUT2D eigenvalue weighted by Gasteiger charge is -2.33. The van der Waals surface area contributed by atoms with Crippen LogP contribution < -0.4 is 10.2 Å². The number of aromatic nitrogens is 4. The van der Waals surface area contributed by atoms with Crippen LogP contribution in [0, 0.1) is 0 Å². The van der Waals surface area contributed by atoms with Crippen molar-refractivity contribution >= 4 is 28.4 Å². The maximum Gasteiger partial charge on any atom is 0.247 e. The number of carbonyl (C=O) groups is 1. The van der Waals surface area contributed by atoms with E-state index >= 15 is 0 Å². The molecule has 0 aliphatic carbocycles. The molecule has 8 heteroatoms. The Hall–Kier alpha value is -3.26. The molecule has 1 amide bonds. The zero-order chi connectivity index (χ0) is 18.8. The van der Waals surface area contributed by atoms with E-state index in [0.717, 1.165) is 43.0 Å². The summed E-state index contributed by atoms with van der Waals surface area (Å²) in [6, 6.07) is 5.55. The monoisotopic (exact) mass is 363 g/mol. The highest BCUT2D eigenvalue weighted by Crippen LogP contribution is 2.22. The van der Waals surface area contributed by atoms with E-state index in [9.17, 15) is 4.79 Å². The van der Waals surface area contributed by atoms with Crippen LogP contribution in [0.15, 0.2) is 49.6 Å². The topological polar surface area (TPSA) is 79.2 Å². The van der Waals surface area contributed by atoms with Crippen molar-refractivity contribution in [1.29, 1.82) is 0 Å². The summed E-state index contributed by atoms with van der Waals surface area (Å²) >= 11 is 0. The van der Waals surface area contributed by atoms with Crippen molar-refractivity contribution in [2.24, 2.45) is 0 Å². The lowest BCUT2D eigenvalue weighted by molar-refractivity contribution is -0.111. The summed E-state index contributed by atoms with van der Waals surface area (Å²) < 4.78 is 1.88. The Morgan fingerprint density at radius 2 is 1.96 bits per heavy atom. The summed E-state index contributed by atoms with van der Waals surface area (Å²) in [5.74, 6) is 1.30. The van der Waals surface area contributed by atoms with E-state index in [4.69, 9.17) is 4.98 Å². The Morgan fingerprint density at radius 3 is 2.74 bits per heavy atom. The number of amides is 1. The minimum absolute atomic E-state index is 0.253. The molecule has 138 valence electrons. The van der Waals surface area contributed by atoms with E-state index < -0.39 is 0 Å². The number of likely N-dealkylation sites (N-methyl/N-ethyl adjacent to an activating group) is 1. The summed E-state index contributed by atoms with van der Waals surface area (Å²) in [5.41, 5.74) is 2.34. The highest BCUT2D eigenvalue weighted by atomic mass is 16.1. The fourth-order valence-electron chi connectivity index (χ4n) is 3.11. The van der Waals surface area contributed by atoms with E-state index in [1.54, 1.807) is 18.7 Å². The lowest BCUT2D eigenvalue weighted by Crippen LogP contribution is -2.44. The molecule has 1 aromatic carbocycles. The van der Waals surface area contributed by atoms with Gasteiger partial charge in [0.05, 0.1) is 23.4 Å². The van der Waals surface area contributed by atoms with Gasteiger partial charge in [-0.15, -0.1) is 0 Å². The van der Waals surface area contributed by atoms with Crippen molar-refractivity contribution in [2.75, 3.05) is 43.4 Å². The summed E-state index contributed by atoms with van der Waals surface area (Å²) in [6.07, 6.45) is 6.48. The molecule has 1 N–H and O–H groups in total. The van der Waals surface area contributed by atoms with Crippen molar-refractivity contribution in [3.63, 3.8) is 0 Å². The highest BCUT2D eigenvalue weighted by molar-refractivity contribution is 6.00. The maximum absolute atomic E-state index is 11.6. The molecule has 0 saturated carbocycles. The molecule has 1 saturated heterocycles. The van der Waals surface area contributed by atoms with Crippen LogP contribution in [0.5, 0.6) is 0 Å². The third-order valence-electron chi connectivity index (χ3n) is 4.68. The Bertz CT molecular complexity index is 989. The van der Waals surface area contributed by atoms with E-state index in [1.807, 2.05) is 22.8 Å². The smallest absolute Gasteiger partial charge is 0.247 e. The molecule has 1 fully saturated rings. The normalized spacial score (nSPS) is 15.1. The van der Waals surface area contributed by atoms with Crippen LogP contribution in [0.1, 0.15) is 0 Å². The first-order valence-electron chi connectivity index (χ1n) is 8.80. The van der Waals surface area contributed by atoms with Crippen LogP contribution in [0.4, 0.5) is 11.5 Å². The number of nitrogens with zero attached hydrogens (tertiary/aromatic N) is 6. The van der Waals surface area contributed by atoms with Crippen LogP contribution in [0.3, 0.4) is 0 Å². The molecule has 0 bridgehead atoms. The average Bonchev–Trinajstić information content (AvgIpc) is 3.12. The summed E-state index contributed by atoms with van der Waals surface area (Å²) in [6.45, 7) is 7.35. The molecule has 27 heavy (non-hydrogen) atoms. The van der Waals surface area contributed by atoms with Crippen molar-refractivity contribution in [1.82, 2.24) is 24.4 Å². The van der Waals surface area contributed by atoms with Gasteiger partial charge in [0.25, 0.3) is 0 Å². The first-order valence-corrected chi connectivity index (χ1v) is 8.80. The zero-order valence-corrected chi connectivity index (χ0v) is 15.2. The molecule has 4 rings (SSSR count). The minimum atomic E-state index is -0.253. The number of nitrogens with one attached hydrogen (secondary N) is 1. The number of fused-ring (bicyclic) bond motifs is 1. The van der Waals surface area contributed by atoms with Crippen LogP contribution in [-0.2, 0) is 4.79 Å². The number of hydrogen-bond donors (Lipinski definition) is 1. The second-order valence-corrected chi connectivity index (χ2v) is 6.54. The van der Waals surface area contributed by atoms with Gasteiger partial charge in [0.1, 0.15) is 12.1 Å². The minimum Gasteiger partial charge on any atom is -0.353 e. The molecule has 3 heterocycles. The predicted octanol–water partition coefficient (Wildman–Crippen LogP) is 1.69. The molecule has 0 radical (unpaired) electrons. The Labute approximate surface area is 157 Å².